The molecular weight excluding hydrogens is 254 g/mol. The lowest BCUT2D eigenvalue weighted by molar-refractivity contribution is -0.116. The van der Waals surface area contributed by atoms with Gasteiger partial charge in [-0.1, -0.05) is 0 Å². The second-order valence-electron chi connectivity index (χ2n) is 4.00. The Morgan fingerprint density at radius 2 is 2.22 bits per heavy atom. The van der Waals surface area contributed by atoms with E-state index < -0.39 is 10.8 Å². The first-order chi connectivity index (χ1) is 8.54. The van der Waals surface area contributed by atoms with Crippen LogP contribution in [0.1, 0.15) is 17.3 Å². The number of carbonyl (C=O) groups excluding carboxylic acids is 2. The van der Waals surface area contributed by atoms with Gasteiger partial charge in [-0.3, -0.25) is 13.8 Å². The van der Waals surface area contributed by atoms with Crippen LogP contribution in [-0.4, -0.2) is 39.9 Å². The summed E-state index contributed by atoms with van der Waals surface area (Å²) in [4.78, 5) is 24.9. The number of aliphatic hydroxyl groups is 1. The highest BCUT2D eigenvalue weighted by Crippen LogP contribution is 2.29. The number of ketones is 1. The Labute approximate surface area is 107 Å². The Kier molecular flexibility index (Phi) is 3.58. The second-order valence-corrected chi connectivity index (χ2v) is 5.42. The zero-order valence-corrected chi connectivity index (χ0v) is 10.7. The Hall–Kier alpha value is -1.53. The van der Waals surface area contributed by atoms with Crippen molar-refractivity contribution in [3.05, 3.63) is 23.8 Å². The standard InChI is InChI=1S/C12H13NO4S/c1-8(15)9-2-3-10-11(6-9)18(17)7-12(16)13(10)4-5-14/h2-3,6,14H,4-5,7H2,1H3. The van der Waals surface area contributed by atoms with Gasteiger partial charge in [0.2, 0.25) is 5.91 Å². The van der Waals surface area contributed by atoms with Crippen LogP contribution < -0.4 is 4.90 Å². The van der Waals surface area contributed by atoms with Crippen LogP contribution >= 0.6 is 0 Å². The third kappa shape index (κ3) is 2.21. The summed E-state index contributed by atoms with van der Waals surface area (Å²) in [6.45, 7) is 1.44. The molecule has 1 unspecified atom stereocenters. The number of carbonyl (C=O) groups is 2. The van der Waals surface area contributed by atoms with Gasteiger partial charge in [0.1, 0.15) is 5.75 Å². The zero-order chi connectivity index (χ0) is 13.3. The van der Waals surface area contributed by atoms with Crippen LogP contribution in [0.3, 0.4) is 0 Å². The van der Waals surface area contributed by atoms with Gasteiger partial charge in [-0.15, -0.1) is 0 Å². The predicted molar refractivity (Wildman–Crippen MR) is 67.2 cm³/mol. The fraction of sp³-hybridized carbons (Fsp3) is 0.333. The maximum Gasteiger partial charge on any atom is 0.240 e. The maximum atomic E-state index is 11.9. The first kappa shape index (κ1) is 12.9. The Morgan fingerprint density at radius 3 is 2.83 bits per heavy atom. The molecule has 5 nitrogen and oxygen atoms in total. The molecule has 18 heavy (non-hydrogen) atoms. The fourth-order valence-corrected chi connectivity index (χ4v) is 3.09. The quantitative estimate of drug-likeness (QED) is 0.801. The Bertz CT molecular complexity index is 541. The number of aliphatic hydroxyl groups excluding tert-OH is 1. The van der Waals surface area contributed by atoms with E-state index in [9.17, 15) is 13.8 Å². The van der Waals surface area contributed by atoms with E-state index in [1.54, 1.807) is 18.2 Å². The third-order valence-electron chi connectivity index (χ3n) is 2.78. The van der Waals surface area contributed by atoms with Crippen molar-refractivity contribution in [2.24, 2.45) is 0 Å². The molecule has 0 bridgehead atoms. The number of fused-ring (bicyclic) bond motifs is 1. The van der Waals surface area contributed by atoms with Crippen LogP contribution in [0.2, 0.25) is 0 Å². The number of rotatable bonds is 3. The molecule has 1 aliphatic rings. The van der Waals surface area contributed by atoms with Crippen molar-refractivity contribution in [1.29, 1.82) is 0 Å². The molecule has 1 aromatic rings. The topological polar surface area (TPSA) is 74.7 Å². The molecule has 0 saturated heterocycles. The fourth-order valence-electron chi connectivity index (χ4n) is 1.89. The molecule has 1 aliphatic heterocycles. The minimum Gasteiger partial charge on any atom is -0.395 e. The molecule has 0 aliphatic carbocycles. The summed E-state index contributed by atoms with van der Waals surface area (Å²) in [5, 5.41) is 8.95. The smallest absolute Gasteiger partial charge is 0.240 e. The van der Waals surface area contributed by atoms with Gasteiger partial charge in [-0.05, 0) is 25.1 Å². The van der Waals surface area contributed by atoms with E-state index in [0.29, 0.717) is 16.1 Å². The van der Waals surface area contributed by atoms with Gasteiger partial charge in [-0.2, -0.15) is 0 Å². The van der Waals surface area contributed by atoms with Gasteiger partial charge in [0, 0.05) is 12.1 Å². The molecule has 1 N–H and O–H groups in total. The molecule has 6 heteroatoms. The SMILES string of the molecule is CC(=O)c1ccc2c(c1)S(=O)CC(=O)N2CCO. The van der Waals surface area contributed by atoms with Gasteiger partial charge in [0.25, 0.3) is 0 Å². The Balaban J connectivity index is 2.51. The van der Waals surface area contributed by atoms with Gasteiger partial charge in [0.05, 0.1) is 28.0 Å². The summed E-state index contributed by atoms with van der Waals surface area (Å²) in [6, 6.07) is 4.77. The van der Waals surface area contributed by atoms with E-state index in [-0.39, 0.29) is 30.6 Å². The van der Waals surface area contributed by atoms with E-state index >= 15 is 0 Å². The lowest BCUT2D eigenvalue weighted by atomic mass is 10.1. The summed E-state index contributed by atoms with van der Waals surface area (Å²) >= 11 is 0. The van der Waals surface area contributed by atoms with Gasteiger partial charge >= 0.3 is 0 Å². The molecule has 1 atom stereocenters. The lowest BCUT2D eigenvalue weighted by Gasteiger charge is -2.28. The third-order valence-corrected chi connectivity index (χ3v) is 4.11. The summed E-state index contributed by atoms with van der Waals surface area (Å²) < 4.78 is 11.9. The lowest BCUT2D eigenvalue weighted by Crippen LogP contribution is -2.40. The van der Waals surface area contributed by atoms with Crippen molar-refractivity contribution in [2.45, 2.75) is 11.8 Å². The molecule has 1 aromatic carbocycles. The average molecular weight is 267 g/mol. The first-order valence-electron chi connectivity index (χ1n) is 5.49. The summed E-state index contributed by atoms with van der Waals surface area (Å²) in [6.07, 6.45) is 0. The minimum atomic E-state index is -1.42. The van der Waals surface area contributed by atoms with Crippen molar-refractivity contribution in [1.82, 2.24) is 0 Å². The number of β-amino-alcohol motifs (C(OH)–C–C–N with tert-alkyl or cyclic N) is 1. The largest absolute Gasteiger partial charge is 0.395 e. The second kappa shape index (κ2) is 4.99. The van der Waals surface area contributed by atoms with Crippen molar-refractivity contribution in [3.63, 3.8) is 0 Å². The van der Waals surface area contributed by atoms with Crippen LogP contribution in [0.5, 0.6) is 0 Å². The molecule has 1 amide bonds. The first-order valence-corrected chi connectivity index (χ1v) is 6.81. The summed E-state index contributed by atoms with van der Waals surface area (Å²) in [5.74, 6) is -0.486. The number of Topliss-reactive ketones (excluding diaryl/α,β-unsaturated/α-hetero) is 1. The molecule has 0 saturated carbocycles. The molecule has 0 spiro atoms. The number of anilines is 1. The van der Waals surface area contributed by atoms with Gasteiger partial charge in [-0.25, -0.2) is 0 Å². The summed E-state index contributed by atoms with van der Waals surface area (Å²) in [5.41, 5.74) is 0.990. The van der Waals surface area contributed by atoms with Crippen molar-refractivity contribution >= 4 is 28.2 Å². The van der Waals surface area contributed by atoms with Crippen LogP contribution in [0.15, 0.2) is 23.1 Å². The monoisotopic (exact) mass is 267 g/mol. The maximum absolute atomic E-state index is 11.9. The normalized spacial score (nSPS) is 18.7. The van der Waals surface area contributed by atoms with E-state index in [4.69, 9.17) is 5.11 Å². The van der Waals surface area contributed by atoms with Crippen molar-refractivity contribution < 1.29 is 18.9 Å². The van der Waals surface area contributed by atoms with Crippen LogP contribution in [0.25, 0.3) is 0 Å². The van der Waals surface area contributed by atoms with E-state index in [0.717, 1.165) is 0 Å². The molecule has 2 rings (SSSR count). The molecule has 1 heterocycles. The van der Waals surface area contributed by atoms with Gasteiger partial charge < -0.3 is 10.0 Å². The molecule has 0 aromatic heterocycles. The van der Waals surface area contributed by atoms with E-state index in [2.05, 4.69) is 0 Å². The number of benzene rings is 1. The van der Waals surface area contributed by atoms with Crippen LogP contribution in [-0.2, 0) is 15.6 Å². The van der Waals surface area contributed by atoms with E-state index in [1.165, 1.54) is 11.8 Å². The predicted octanol–water partition coefficient (Wildman–Crippen LogP) is 0.336. The highest BCUT2D eigenvalue weighted by Gasteiger charge is 2.29. The molecular formula is C12H13NO4S. The molecule has 0 fully saturated rings. The van der Waals surface area contributed by atoms with Crippen molar-refractivity contribution in [2.75, 3.05) is 23.8 Å². The highest BCUT2D eigenvalue weighted by atomic mass is 32.2. The highest BCUT2D eigenvalue weighted by molar-refractivity contribution is 7.86. The number of hydrogen-bond donors (Lipinski definition) is 1. The van der Waals surface area contributed by atoms with Crippen molar-refractivity contribution in [3.8, 4) is 0 Å². The number of hydrogen-bond acceptors (Lipinski definition) is 4. The molecule has 96 valence electrons. The minimum absolute atomic E-state index is 0.103. The van der Waals surface area contributed by atoms with Crippen LogP contribution in [0.4, 0.5) is 5.69 Å². The van der Waals surface area contributed by atoms with E-state index in [1.807, 2.05) is 0 Å². The number of nitrogens with zero attached hydrogens (tertiary/aromatic N) is 1. The van der Waals surface area contributed by atoms with Gasteiger partial charge in [0.15, 0.2) is 5.78 Å². The summed E-state index contributed by atoms with van der Waals surface area (Å²) in [7, 11) is -1.42. The molecule has 0 radical (unpaired) electrons. The Morgan fingerprint density at radius 1 is 1.50 bits per heavy atom. The number of amides is 1. The average Bonchev–Trinajstić information content (AvgIpc) is 2.33. The zero-order valence-electron chi connectivity index (χ0n) is 9.88. The van der Waals surface area contributed by atoms with Crippen LogP contribution in [0, 0.1) is 0 Å².